The first-order valence-electron chi connectivity index (χ1n) is 4.12. The number of hydrogen-bond donors (Lipinski definition) is 1. The standard InChI is InChI=1S/C7H14N4O2/c1-3-12-5-4-11(2)7-10-9-6(8)13-7/h3-5H2,1-2H3,(H2,8,9). The van der Waals surface area contributed by atoms with E-state index in [1.807, 2.05) is 14.0 Å². The minimum atomic E-state index is 0.0817. The first-order valence-corrected chi connectivity index (χ1v) is 4.12. The van der Waals surface area contributed by atoms with Crippen LogP contribution in [0.15, 0.2) is 4.42 Å². The van der Waals surface area contributed by atoms with Crippen molar-refractivity contribution in [3.8, 4) is 0 Å². The molecule has 1 aromatic rings. The fraction of sp³-hybridized carbons (Fsp3) is 0.714. The number of nitrogens with zero attached hydrogens (tertiary/aromatic N) is 3. The van der Waals surface area contributed by atoms with Crippen molar-refractivity contribution in [2.24, 2.45) is 0 Å². The number of rotatable bonds is 5. The van der Waals surface area contributed by atoms with Crippen LogP contribution in [0.5, 0.6) is 0 Å². The van der Waals surface area contributed by atoms with Gasteiger partial charge in [0, 0.05) is 20.2 Å². The van der Waals surface area contributed by atoms with E-state index in [0.717, 1.165) is 0 Å². The predicted octanol–water partition coefficient (Wildman–Crippen LogP) is 0.124. The summed E-state index contributed by atoms with van der Waals surface area (Å²) in [6, 6.07) is 0.496. The van der Waals surface area contributed by atoms with Gasteiger partial charge in [-0.05, 0) is 6.92 Å². The maximum atomic E-state index is 5.27. The smallest absolute Gasteiger partial charge is 0.319 e. The predicted molar refractivity (Wildman–Crippen MR) is 48.5 cm³/mol. The zero-order valence-electron chi connectivity index (χ0n) is 7.86. The van der Waals surface area contributed by atoms with Crippen LogP contribution in [0, 0.1) is 0 Å². The molecule has 1 heterocycles. The van der Waals surface area contributed by atoms with Crippen molar-refractivity contribution in [2.75, 3.05) is 37.4 Å². The van der Waals surface area contributed by atoms with Gasteiger partial charge in [-0.25, -0.2) is 0 Å². The summed E-state index contributed by atoms with van der Waals surface area (Å²) < 4.78 is 10.2. The fourth-order valence-corrected chi connectivity index (χ4v) is 0.822. The second-order valence-corrected chi connectivity index (χ2v) is 2.54. The third-order valence-corrected chi connectivity index (χ3v) is 1.53. The van der Waals surface area contributed by atoms with Crippen molar-refractivity contribution in [3.63, 3.8) is 0 Å². The summed E-state index contributed by atoms with van der Waals surface area (Å²) in [5, 5.41) is 7.27. The molecule has 0 unspecified atom stereocenters. The van der Waals surface area contributed by atoms with Gasteiger partial charge < -0.3 is 19.8 Å². The molecule has 1 rings (SSSR count). The zero-order chi connectivity index (χ0) is 9.68. The summed E-state index contributed by atoms with van der Waals surface area (Å²) in [6.07, 6.45) is 0. The van der Waals surface area contributed by atoms with Crippen molar-refractivity contribution in [3.05, 3.63) is 0 Å². The quantitative estimate of drug-likeness (QED) is 0.658. The second kappa shape index (κ2) is 4.66. The molecule has 0 aromatic carbocycles. The lowest BCUT2D eigenvalue weighted by Crippen LogP contribution is -2.22. The van der Waals surface area contributed by atoms with Gasteiger partial charge in [0.15, 0.2) is 0 Å². The van der Waals surface area contributed by atoms with E-state index in [1.54, 1.807) is 4.90 Å². The third-order valence-electron chi connectivity index (χ3n) is 1.53. The van der Waals surface area contributed by atoms with Gasteiger partial charge in [0.1, 0.15) is 0 Å². The lowest BCUT2D eigenvalue weighted by Gasteiger charge is -2.12. The second-order valence-electron chi connectivity index (χ2n) is 2.54. The molecule has 0 radical (unpaired) electrons. The van der Waals surface area contributed by atoms with E-state index in [1.165, 1.54) is 0 Å². The van der Waals surface area contributed by atoms with Gasteiger partial charge in [-0.15, -0.1) is 0 Å². The average molecular weight is 186 g/mol. The fourth-order valence-electron chi connectivity index (χ4n) is 0.822. The van der Waals surface area contributed by atoms with Crippen LogP contribution in [0.2, 0.25) is 0 Å². The molecule has 2 N–H and O–H groups in total. The van der Waals surface area contributed by atoms with Gasteiger partial charge in [0.2, 0.25) is 0 Å². The van der Waals surface area contributed by atoms with E-state index in [4.69, 9.17) is 14.9 Å². The molecule has 0 saturated carbocycles. The molecular weight excluding hydrogens is 172 g/mol. The number of aromatic nitrogens is 2. The van der Waals surface area contributed by atoms with Crippen LogP contribution in [-0.4, -0.2) is 37.0 Å². The number of hydrogen-bond acceptors (Lipinski definition) is 6. The van der Waals surface area contributed by atoms with Crippen molar-refractivity contribution < 1.29 is 9.15 Å². The molecule has 74 valence electrons. The summed E-state index contributed by atoms with van der Waals surface area (Å²) in [7, 11) is 1.84. The molecule has 0 aliphatic carbocycles. The summed E-state index contributed by atoms with van der Waals surface area (Å²) in [6.45, 7) is 4.00. The summed E-state index contributed by atoms with van der Waals surface area (Å²) in [4.78, 5) is 1.79. The highest BCUT2D eigenvalue weighted by Gasteiger charge is 2.07. The molecule has 6 heteroatoms. The van der Waals surface area contributed by atoms with E-state index in [0.29, 0.717) is 25.8 Å². The van der Waals surface area contributed by atoms with Gasteiger partial charge in [0.25, 0.3) is 0 Å². The highest BCUT2D eigenvalue weighted by atomic mass is 16.5. The minimum Gasteiger partial charge on any atom is -0.390 e. The molecule has 0 saturated heterocycles. The molecule has 6 nitrogen and oxygen atoms in total. The molecule has 0 bridgehead atoms. The van der Waals surface area contributed by atoms with Crippen LogP contribution in [0.3, 0.4) is 0 Å². The van der Waals surface area contributed by atoms with Crippen LogP contribution in [0.4, 0.5) is 12.0 Å². The Balaban J connectivity index is 2.35. The Labute approximate surface area is 76.7 Å². The molecule has 0 spiro atoms. The van der Waals surface area contributed by atoms with Crippen molar-refractivity contribution in [1.29, 1.82) is 0 Å². The molecule has 13 heavy (non-hydrogen) atoms. The Morgan fingerprint density at radius 3 is 2.85 bits per heavy atom. The summed E-state index contributed by atoms with van der Waals surface area (Å²) in [5.41, 5.74) is 5.27. The van der Waals surface area contributed by atoms with Crippen LogP contribution < -0.4 is 10.6 Å². The Kier molecular flexibility index (Phi) is 3.51. The lowest BCUT2D eigenvalue weighted by atomic mass is 10.6. The van der Waals surface area contributed by atoms with Gasteiger partial charge >= 0.3 is 12.0 Å². The van der Waals surface area contributed by atoms with E-state index in [9.17, 15) is 0 Å². The Hall–Kier alpha value is -1.30. The molecule has 0 amide bonds. The van der Waals surface area contributed by atoms with Gasteiger partial charge in [0.05, 0.1) is 6.61 Å². The first-order chi connectivity index (χ1) is 6.24. The number of ether oxygens (including phenoxy) is 1. The van der Waals surface area contributed by atoms with Crippen molar-refractivity contribution >= 4 is 12.0 Å². The third kappa shape index (κ3) is 2.90. The van der Waals surface area contributed by atoms with Crippen LogP contribution >= 0.6 is 0 Å². The number of nitrogen functional groups attached to an aromatic ring is 1. The topological polar surface area (TPSA) is 77.4 Å². The van der Waals surface area contributed by atoms with Crippen molar-refractivity contribution in [2.45, 2.75) is 6.92 Å². The molecule has 0 aliphatic rings. The number of anilines is 2. The maximum Gasteiger partial charge on any atom is 0.319 e. The minimum absolute atomic E-state index is 0.0817. The van der Waals surface area contributed by atoms with Gasteiger partial charge in [-0.2, -0.15) is 0 Å². The van der Waals surface area contributed by atoms with E-state index in [2.05, 4.69) is 10.2 Å². The van der Waals surface area contributed by atoms with Crippen LogP contribution in [0.25, 0.3) is 0 Å². The highest BCUT2D eigenvalue weighted by Crippen LogP contribution is 2.10. The Bertz CT molecular complexity index is 250. The normalized spacial score (nSPS) is 10.3. The summed E-state index contributed by atoms with van der Waals surface area (Å²) in [5.74, 6) is 0. The molecule has 0 aliphatic heterocycles. The van der Waals surface area contributed by atoms with E-state index >= 15 is 0 Å². The van der Waals surface area contributed by atoms with E-state index in [-0.39, 0.29) is 6.01 Å². The van der Waals surface area contributed by atoms with Crippen LogP contribution in [0.1, 0.15) is 6.92 Å². The molecule has 0 atom stereocenters. The number of likely N-dealkylation sites (N-methyl/N-ethyl adjacent to an activating group) is 1. The zero-order valence-corrected chi connectivity index (χ0v) is 7.86. The SMILES string of the molecule is CCOCCN(C)c1nnc(N)o1. The largest absolute Gasteiger partial charge is 0.390 e. The average Bonchev–Trinajstić information content (AvgIpc) is 2.52. The Morgan fingerprint density at radius 2 is 2.31 bits per heavy atom. The Morgan fingerprint density at radius 1 is 1.54 bits per heavy atom. The van der Waals surface area contributed by atoms with Crippen LogP contribution in [-0.2, 0) is 4.74 Å². The highest BCUT2D eigenvalue weighted by molar-refractivity contribution is 5.25. The molecule has 1 aromatic heterocycles. The first kappa shape index (κ1) is 9.79. The maximum absolute atomic E-state index is 5.27. The van der Waals surface area contributed by atoms with Crippen molar-refractivity contribution in [1.82, 2.24) is 10.2 Å². The van der Waals surface area contributed by atoms with Gasteiger partial charge in [-0.3, -0.25) is 0 Å². The molecule has 0 fully saturated rings. The number of nitrogens with two attached hydrogens (primary N) is 1. The lowest BCUT2D eigenvalue weighted by molar-refractivity contribution is 0.154. The monoisotopic (exact) mass is 186 g/mol. The van der Waals surface area contributed by atoms with E-state index < -0.39 is 0 Å². The van der Waals surface area contributed by atoms with Gasteiger partial charge in [-0.1, -0.05) is 10.2 Å². The summed E-state index contributed by atoms with van der Waals surface area (Å²) >= 11 is 0. The molecular formula is C7H14N4O2.